The number of alkyl halides is 3. The molecular weight excluding hydrogens is 247 g/mol. The number of ether oxygens (including phenoxy) is 1. The van der Waals surface area contributed by atoms with Crippen LogP contribution in [-0.4, -0.2) is 15.9 Å². The van der Waals surface area contributed by atoms with Crippen LogP contribution < -0.4 is 10.5 Å². The van der Waals surface area contributed by atoms with Gasteiger partial charge in [0.1, 0.15) is 5.75 Å². The SMILES string of the molecule is NCc1cncn1-c1ccc(OC(F)(F)F)cc1. The highest BCUT2D eigenvalue weighted by molar-refractivity contribution is 5.38. The van der Waals surface area contributed by atoms with Gasteiger partial charge < -0.3 is 15.0 Å². The molecule has 0 radical (unpaired) electrons. The molecule has 2 N–H and O–H groups in total. The number of aromatic nitrogens is 2. The van der Waals surface area contributed by atoms with E-state index in [0.717, 1.165) is 5.69 Å². The van der Waals surface area contributed by atoms with Gasteiger partial charge in [-0.2, -0.15) is 0 Å². The fourth-order valence-electron chi connectivity index (χ4n) is 1.51. The number of benzene rings is 1. The Morgan fingerprint density at radius 1 is 1.22 bits per heavy atom. The van der Waals surface area contributed by atoms with E-state index in [2.05, 4.69) is 9.72 Å². The highest BCUT2D eigenvalue weighted by Crippen LogP contribution is 2.23. The molecule has 0 atom stereocenters. The number of imidazole rings is 1. The van der Waals surface area contributed by atoms with Gasteiger partial charge in [0.2, 0.25) is 0 Å². The molecular formula is C11H10F3N3O. The number of halogens is 3. The molecule has 0 fully saturated rings. The molecule has 0 spiro atoms. The summed E-state index contributed by atoms with van der Waals surface area (Å²) in [6.45, 7) is 0.292. The summed E-state index contributed by atoms with van der Waals surface area (Å²) < 4.78 is 41.4. The third-order valence-corrected chi connectivity index (χ3v) is 2.27. The van der Waals surface area contributed by atoms with Crippen molar-refractivity contribution in [3.05, 3.63) is 42.5 Å². The first-order valence-electron chi connectivity index (χ1n) is 5.07. The molecule has 0 aliphatic rings. The zero-order valence-corrected chi connectivity index (χ0v) is 9.19. The van der Waals surface area contributed by atoms with E-state index in [-0.39, 0.29) is 5.75 Å². The largest absolute Gasteiger partial charge is 0.573 e. The Bertz CT molecular complexity index is 519. The summed E-state index contributed by atoms with van der Waals surface area (Å²) in [5, 5.41) is 0. The lowest BCUT2D eigenvalue weighted by Gasteiger charge is -2.10. The van der Waals surface area contributed by atoms with E-state index in [9.17, 15) is 13.2 Å². The van der Waals surface area contributed by atoms with Crippen molar-refractivity contribution in [3.63, 3.8) is 0 Å². The first-order valence-corrected chi connectivity index (χ1v) is 5.07. The summed E-state index contributed by atoms with van der Waals surface area (Å²) in [5.74, 6) is -0.263. The molecule has 0 aliphatic heterocycles. The minimum absolute atomic E-state index is 0.263. The molecule has 2 rings (SSSR count). The van der Waals surface area contributed by atoms with Crippen LogP contribution in [0.5, 0.6) is 5.75 Å². The predicted molar refractivity (Wildman–Crippen MR) is 58.1 cm³/mol. The van der Waals surface area contributed by atoms with Crippen molar-refractivity contribution in [1.82, 2.24) is 9.55 Å². The van der Waals surface area contributed by atoms with Crippen LogP contribution in [0.3, 0.4) is 0 Å². The minimum atomic E-state index is -4.68. The van der Waals surface area contributed by atoms with Crippen LogP contribution in [0, 0.1) is 0 Å². The van der Waals surface area contributed by atoms with Gasteiger partial charge in [-0.15, -0.1) is 13.2 Å². The van der Waals surface area contributed by atoms with Crippen LogP contribution in [0.25, 0.3) is 5.69 Å². The zero-order chi connectivity index (χ0) is 13.2. The highest BCUT2D eigenvalue weighted by Gasteiger charge is 2.30. The summed E-state index contributed by atoms with van der Waals surface area (Å²) in [7, 11) is 0. The van der Waals surface area contributed by atoms with E-state index in [0.29, 0.717) is 12.2 Å². The van der Waals surface area contributed by atoms with Crippen LogP contribution in [-0.2, 0) is 6.54 Å². The van der Waals surface area contributed by atoms with Gasteiger partial charge in [0.25, 0.3) is 0 Å². The van der Waals surface area contributed by atoms with Crippen LogP contribution in [0.4, 0.5) is 13.2 Å². The normalized spacial score (nSPS) is 11.6. The molecule has 1 aromatic carbocycles. The third-order valence-electron chi connectivity index (χ3n) is 2.27. The average molecular weight is 257 g/mol. The van der Waals surface area contributed by atoms with Crippen LogP contribution in [0.15, 0.2) is 36.8 Å². The summed E-state index contributed by atoms with van der Waals surface area (Å²) in [6, 6.07) is 5.48. The molecule has 0 saturated heterocycles. The van der Waals surface area contributed by atoms with E-state index in [1.807, 2.05) is 0 Å². The van der Waals surface area contributed by atoms with Gasteiger partial charge in [-0.3, -0.25) is 0 Å². The van der Waals surface area contributed by atoms with E-state index in [4.69, 9.17) is 5.73 Å². The summed E-state index contributed by atoms with van der Waals surface area (Å²) in [5.41, 5.74) is 6.94. The summed E-state index contributed by atoms with van der Waals surface area (Å²) in [4.78, 5) is 3.92. The maximum atomic E-state index is 12.0. The summed E-state index contributed by atoms with van der Waals surface area (Å²) >= 11 is 0. The Kier molecular flexibility index (Phi) is 3.24. The van der Waals surface area contributed by atoms with Crippen LogP contribution >= 0.6 is 0 Å². The van der Waals surface area contributed by atoms with Gasteiger partial charge in [-0.25, -0.2) is 4.98 Å². The van der Waals surface area contributed by atoms with E-state index >= 15 is 0 Å². The number of nitrogens with zero attached hydrogens (tertiary/aromatic N) is 2. The molecule has 96 valence electrons. The van der Waals surface area contributed by atoms with E-state index in [1.54, 1.807) is 17.1 Å². The Labute approximate surface area is 101 Å². The second-order valence-corrected chi connectivity index (χ2v) is 3.50. The lowest BCUT2D eigenvalue weighted by molar-refractivity contribution is -0.274. The third kappa shape index (κ3) is 2.80. The monoisotopic (exact) mass is 257 g/mol. The van der Waals surface area contributed by atoms with Crippen molar-refractivity contribution < 1.29 is 17.9 Å². The van der Waals surface area contributed by atoms with Crippen LogP contribution in [0.2, 0.25) is 0 Å². The fraction of sp³-hybridized carbons (Fsp3) is 0.182. The lowest BCUT2D eigenvalue weighted by atomic mass is 10.3. The molecule has 18 heavy (non-hydrogen) atoms. The lowest BCUT2D eigenvalue weighted by Crippen LogP contribution is -2.17. The van der Waals surface area contributed by atoms with E-state index < -0.39 is 6.36 Å². The van der Waals surface area contributed by atoms with E-state index in [1.165, 1.54) is 24.3 Å². The van der Waals surface area contributed by atoms with Gasteiger partial charge in [-0.05, 0) is 24.3 Å². The van der Waals surface area contributed by atoms with Gasteiger partial charge in [0, 0.05) is 18.4 Å². The van der Waals surface area contributed by atoms with Crippen molar-refractivity contribution in [3.8, 4) is 11.4 Å². The van der Waals surface area contributed by atoms with Gasteiger partial charge in [-0.1, -0.05) is 0 Å². The standard InChI is InChI=1S/C11H10F3N3O/c12-11(13,14)18-10-3-1-8(2-4-10)17-7-16-6-9(17)5-15/h1-4,6-7H,5,15H2. The fourth-order valence-corrected chi connectivity index (χ4v) is 1.51. The molecule has 1 heterocycles. The molecule has 4 nitrogen and oxygen atoms in total. The Hall–Kier alpha value is -2.02. The van der Waals surface area contributed by atoms with Crippen LogP contribution in [0.1, 0.15) is 5.69 Å². The molecule has 1 aromatic heterocycles. The molecule has 7 heteroatoms. The number of rotatable bonds is 3. The minimum Gasteiger partial charge on any atom is -0.406 e. The highest BCUT2D eigenvalue weighted by atomic mass is 19.4. The Morgan fingerprint density at radius 3 is 2.44 bits per heavy atom. The zero-order valence-electron chi connectivity index (χ0n) is 9.19. The summed E-state index contributed by atoms with van der Waals surface area (Å²) in [6.07, 6.45) is -1.54. The first kappa shape index (κ1) is 12.4. The van der Waals surface area contributed by atoms with Crippen molar-refractivity contribution in [2.24, 2.45) is 5.73 Å². The second-order valence-electron chi connectivity index (χ2n) is 3.50. The molecule has 0 unspecified atom stereocenters. The molecule has 0 saturated carbocycles. The van der Waals surface area contributed by atoms with Crippen molar-refractivity contribution >= 4 is 0 Å². The second kappa shape index (κ2) is 4.69. The predicted octanol–water partition coefficient (Wildman–Crippen LogP) is 2.23. The number of hydrogen-bond donors (Lipinski definition) is 1. The molecule has 2 aromatic rings. The van der Waals surface area contributed by atoms with Crippen molar-refractivity contribution in [1.29, 1.82) is 0 Å². The maximum absolute atomic E-state index is 12.0. The number of nitrogens with two attached hydrogens (primary N) is 1. The Balaban J connectivity index is 2.23. The average Bonchev–Trinajstić information content (AvgIpc) is 2.76. The topological polar surface area (TPSA) is 53.1 Å². The number of hydrogen-bond acceptors (Lipinski definition) is 3. The van der Waals surface area contributed by atoms with Gasteiger partial charge >= 0.3 is 6.36 Å². The smallest absolute Gasteiger partial charge is 0.406 e. The quantitative estimate of drug-likeness (QED) is 0.917. The van der Waals surface area contributed by atoms with Crippen molar-refractivity contribution in [2.75, 3.05) is 0 Å². The molecule has 0 amide bonds. The van der Waals surface area contributed by atoms with Gasteiger partial charge in [0.05, 0.1) is 12.0 Å². The van der Waals surface area contributed by atoms with Crippen molar-refractivity contribution in [2.45, 2.75) is 12.9 Å². The van der Waals surface area contributed by atoms with Gasteiger partial charge in [0.15, 0.2) is 0 Å². The first-order chi connectivity index (χ1) is 8.49. The maximum Gasteiger partial charge on any atom is 0.573 e. The molecule has 0 aliphatic carbocycles. The Morgan fingerprint density at radius 2 is 1.89 bits per heavy atom. The molecule has 0 bridgehead atoms.